The van der Waals surface area contributed by atoms with Crippen molar-refractivity contribution in [1.29, 1.82) is 0 Å². The van der Waals surface area contributed by atoms with Crippen molar-refractivity contribution >= 4 is 56.1 Å². The van der Waals surface area contributed by atoms with E-state index in [0.717, 1.165) is 36.0 Å². The van der Waals surface area contributed by atoms with Crippen molar-refractivity contribution in [2.45, 2.75) is 17.8 Å². The molecule has 200 valence electrons. The zero-order valence-corrected chi connectivity index (χ0v) is 21.4. The van der Waals surface area contributed by atoms with E-state index in [-0.39, 0.29) is 31.1 Å². The van der Waals surface area contributed by atoms with Crippen LogP contribution in [0.4, 0.5) is 23.2 Å². The Labute approximate surface area is 214 Å². The Kier molecular flexibility index (Phi) is 7.63. The van der Waals surface area contributed by atoms with Crippen molar-refractivity contribution in [2.24, 2.45) is 12.0 Å². The molecule has 37 heavy (non-hydrogen) atoms. The number of thioether (sulfide) groups is 1. The second-order valence-corrected chi connectivity index (χ2v) is 11.0. The lowest BCUT2D eigenvalue weighted by molar-refractivity contribution is -0.144. The number of hydrogen-bond acceptors (Lipinski definition) is 8. The molecule has 1 fully saturated rings. The number of aliphatic imine (C=N–C) groups is 1. The third kappa shape index (κ3) is 6.04. The van der Waals surface area contributed by atoms with Crippen LogP contribution in [0.25, 0.3) is 5.69 Å². The molecule has 1 aliphatic rings. The van der Waals surface area contributed by atoms with Crippen LogP contribution in [-0.2, 0) is 32.8 Å². The lowest BCUT2D eigenvalue weighted by Crippen LogP contribution is -2.41. The SMILES string of the molecule is CN1C(=O)C(CC(=O)NS(C)(=O)=O)S/C1=N\c1cc(-n2c(=O)cc(C(F)(F)F)n(C)c2=O)c(F)cc1Cl. The quantitative estimate of drug-likeness (QED) is 0.523. The fourth-order valence-electron chi connectivity index (χ4n) is 3.22. The maximum absolute atomic E-state index is 14.7. The molecule has 0 bridgehead atoms. The molecule has 0 radical (unpaired) electrons. The maximum atomic E-state index is 14.7. The first-order chi connectivity index (χ1) is 16.9. The van der Waals surface area contributed by atoms with Crippen LogP contribution in [-0.4, -0.2) is 58.0 Å². The molecule has 0 aliphatic carbocycles. The number of nitrogens with one attached hydrogen (secondary N) is 1. The van der Waals surface area contributed by atoms with Crippen molar-refractivity contribution in [3.63, 3.8) is 0 Å². The molecule has 18 heteroatoms. The van der Waals surface area contributed by atoms with Crippen LogP contribution in [0.1, 0.15) is 12.1 Å². The number of aromatic nitrogens is 2. The molecule has 11 nitrogen and oxygen atoms in total. The molecule has 1 saturated heterocycles. The summed E-state index contributed by atoms with van der Waals surface area (Å²) in [6.45, 7) is 0. The van der Waals surface area contributed by atoms with E-state index in [1.807, 2.05) is 0 Å². The third-order valence-electron chi connectivity index (χ3n) is 4.89. The van der Waals surface area contributed by atoms with Crippen molar-refractivity contribution in [3.05, 3.63) is 55.6 Å². The summed E-state index contributed by atoms with van der Waals surface area (Å²) in [6.07, 6.45) is -4.77. The molecule has 0 saturated carbocycles. The highest BCUT2D eigenvalue weighted by atomic mass is 35.5. The van der Waals surface area contributed by atoms with Gasteiger partial charge in [-0.05, 0) is 12.1 Å². The van der Waals surface area contributed by atoms with E-state index in [0.29, 0.717) is 6.07 Å². The number of rotatable bonds is 5. The van der Waals surface area contributed by atoms with Crippen LogP contribution in [0.3, 0.4) is 0 Å². The number of carbonyl (C=O) groups excluding carboxylic acids is 2. The summed E-state index contributed by atoms with van der Waals surface area (Å²) in [4.78, 5) is 54.4. The summed E-state index contributed by atoms with van der Waals surface area (Å²) in [5.74, 6) is -2.77. The number of nitrogens with zero attached hydrogens (tertiary/aromatic N) is 4. The lowest BCUT2D eigenvalue weighted by atomic mass is 10.2. The Morgan fingerprint density at radius 3 is 2.38 bits per heavy atom. The van der Waals surface area contributed by atoms with Crippen LogP contribution in [0, 0.1) is 5.82 Å². The first kappa shape index (κ1) is 28.4. The molecule has 2 heterocycles. The molecule has 1 unspecified atom stereocenters. The molecule has 1 atom stereocenters. The number of halogens is 5. The van der Waals surface area contributed by atoms with Crippen molar-refractivity contribution in [2.75, 3.05) is 13.3 Å². The van der Waals surface area contributed by atoms with Gasteiger partial charge in [-0.25, -0.2) is 27.2 Å². The van der Waals surface area contributed by atoms with Crippen LogP contribution < -0.4 is 16.0 Å². The third-order valence-corrected chi connectivity index (χ3v) is 7.02. The van der Waals surface area contributed by atoms with Gasteiger partial charge in [-0.3, -0.25) is 28.6 Å². The highest BCUT2D eigenvalue weighted by molar-refractivity contribution is 8.15. The summed E-state index contributed by atoms with van der Waals surface area (Å²) in [5.41, 5.74) is -5.49. The average molecular weight is 586 g/mol. The molecule has 1 aliphatic heterocycles. The van der Waals surface area contributed by atoms with E-state index in [9.17, 15) is 45.2 Å². The van der Waals surface area contributed by atoms with E-state index in [1.165, 1.54) is 7.05 Å². The Hall–Kier alpha value is -3.18. The molecule has 1 aromatic heterocycles. The topological polar surface area (TPSA) is 140 Å². The van der Waals surface area contributed by atoms with Crippen LogP contribution in [0.2, 0.25) is 5.02 Å². The predicted octanol–water partition coefficient (Wildman–Crippen LogP) is 1.37. The summed E-state index contributed by atoms with van der Waals surface area (Å²) in [6, 6.07) is 1.65. The fraction of sp³-hybridized carbons (Fsp3) is 0.316. The number of sulfonamides is 1. The van der Waals surface area contributed by atoms with Gasteiger partial charge in [0.25, 0.3) is 5.56 Å². The number of hydrogen-bond donors (Lipinski definition) is 1. The zero-order chi connectivity index (χ0) is 28.0. The van der Waals surface area contributed by atoms with Gasteiger partial charge in [-0.15, -0.1) is 0 Å². The Bertz CT molecular complexity index is 1570. The van der Waals surface area contributed by atoms with Gasteiger partial charge < -0.3 is 0 Å². The van der Waals surface area contributed by atoms with E-state index in [4.69, 9.17) is 11.6 Å². The van der Waals surface area contributed by atoms with Gasteiger partial charge in [0, 0.05) is 26.6 Å². The molecule has 3 rings (SSSR count). The van der Waals surface area contributed by atoms with Gasteiger partial charge in [0.05, 0.1) is 22.7 Å². The van der Waals surface area contributed by atoms with Gasteiger partial charge in [0.2, 0.25) is 21.8 Å². The van der Waals surface area contributed by atoms with Gasteiger partial charge in [-0.1, -0.05) is 23.4 Å². The first-order valence-electron chi connectivity index (χ1n) is 9.84. The zero-order valence-electron chi connectivity index (χ0n) is 19.0. The van der Waals surface area contributed by atoms with Crippen LogP contribution in [0.15, 0.2) is 32.8 Å². The van der Waals surface area contributed by atoms with E-state index in [1.54, 1.807) is 4.72 Å². The number of carbonyl (C=O) groups is 2. The summed E-state index contributed by atoms with van der Waals surface area (Å²) in [7, 11) is -1.81. The molecule has 1 N–H and O–H groups in total. The number of alkyl halides is 3. The highest BCUT2D eigenvalue weighted by Crippen LogP contribution is 2.35. The number of amides is 2. The minimum Gasteiger partial charge on any atom is -0.293 e. The standard InChI is InChI=1S/C19H16ClF4N5O6S2/c1-27-13(19(22,23)24)7-15(31)29(18(27)33)11-5-10(8(20)4-9(11)21)25-17-28(2)16(32)12(36-17)6-14(30)26-37(3,34)35/h4-5,7,12H,6H2,1-3H3,(H,26,30)/b25-17-. The molecular formula is C19H16ClF4N5O6S2. The largest absolute Gasteiger partial charge is 0.431 e. The normalized spacial score (nSPS) is 17.5. The molecular weight excluding hydrogens is 570 g/mol. The number of benzene rings is 1. The van der Waals surface area contributed by atoms with Crippen molar-refractivity contribution in [3.8, 4) is 5.69 Å². The van der Waals surface area contributed by atoms with Gasteiger partial charge in [0.15, 0.2) is 5.17 Å². The monoisotopic (exact) mass is 585 g/mol. The summed E-state index contributed by atoms with van der Waals surface area (Å²) < 4.78 is 78.5. The van der Waals surface area contributed by atoms with Gasteiger partial charge in [0.1, 0.15) is 16.8 Å². The second-order valence-electron chi connectivity index (χ2n) is 7.70. The fourth-order valence-corrected chi connectivity index (χ4v) is 5.06. The van der Waals surface area contributed by atoms with Crippen molar-refractivity contribution in [1.82, 2.24) is 18.8 Å². The minimum atomic E-state index is -5.02. The van der Waals surface area contributed by atoms with Crippen LogP contribution >= 0.6 is 23.4 Å². The Balaban J connectivity index is 2.04. The average Bonchev–Trinajstić information content (AvgIpc) is 2.99. The molecule has 2 amide bonds. The van der Waals surface area contributed by atoms with Gasteiger partial charge in [-0.2, -0.15) is 13.2 Å². The van der Waals surface area contributed by atoms with E-state index >= 15 is 0 Å². The van der Waals surface area contributed by atoms with Crippen LogP contribution in [0.5, 0.6) is 0 Å². The van der Waals surface area contributed by atoms with E-state index in [2.05, 4.69) is 4.99 Å². The Morgan fingerprint density at radius 1 is 1.19 bits per heavy atom. The smallest absolute Gasteiger partial charge is 0.293 e. The summed E-state index contributed by atoms with van der Waals surface area (Å²) >= 11 is 6.79. The number of amidine groups is 1. The molecule has 1 aromatic carbocycles. The maximum Gasteiger partial charge on any atom is 0.431 e. The Morgan fingerprint density at radius 2 is 1.81 bits per heavy atom. The minimum absolute atomic E-state index is 0.0470. The van der Waals surface area contributed by atoms with Crippen molar-refractivity contribution < 1.29 is 35.6 Å². The molecule has 2 aromatic rings. The summed E-state index contributed by atoms with van der Waals surface area (Å²) in [5, 5.41) is -1.44. The first-order valence-corrected chi connectivity index (χ1v) is 13.0. The molecule has 0 spiro atoms. The van der Waals surface area contributed by atoms with Gasteiger partial charge >= 0.3 is 11.9 Å². The lowest BCUT2D eigenvalue weighted by Gasteiger charge is -2.15. The van der Waals surface area contributed by atoms with E-state index < -0.39 is 68.1 Å². The predicted molar refractivity (Wildman–Crippen MR) is 126 cm³/mol. The highest BCUT2D eigenvalue weighted by Gasteiger charge is 2.38. The second kappa shape index (κ2) is 9.94.